The molecule has 1 N–H and O–H groups in total. The Bertz CT molecular complexity index is 323. The Morgan fingerprint density at radius 3 is 3.12 bits per heavy atom. The number of rotatable bonds is 4. The van der Waals surface area contributed by atoms with Crippen LogP contribution in [0.2, 0.25) is 0 Å². The second-order valence-electron chi connectivity index (χ2n) is 4.31. The summed E-state index contributed by atoms with van der Waals surface area (Å²) >= 11 is 3.44. The monoisotopic (exact) mass is 283 g/mol. The average molecular weight is 284 g/mol. The summed E-state index contributed by atoms with van der Waals surface area (Å²) < 4.78 is 6.81. The van der Waals surface area contributed by atoms with Crippen LogP contribution in [0.25, 0.3) is 0 Å². The molecular formula is C13H18BrNO. The van der Waals surface area contributed by atoms with Crippen molar-refractivity contribution in [3.8, 4) is 5.75 Å². The first-order valence-corrected chi connectivity index (χ1v) is 6.73. The molecule has 1 heterocycles. The summed E-state index contributed by atoms with van der Waals surface area (Å²) in [6.07, 6.45) is 3.80. The predicted molar refractivity (Wildman–Crippen MR) is 69.8 cm³/mol. The van der Waals surface area contributed by atoms with Crippen molar-refractivity contribution < 1.29 is 4.74 Å². The molecule has 0 unspecified atom stereocenters. The first-order valence-electron chi connectivity index (χ1n) is 5.94. The van der Waals surface area contributed by atoms with Gasteiger partial charge in [-0.2, -0.15) is 0 Å². The van der Waals surface area contributed by atoms with Gasteiger partial charge in [-0.3, -0.25) is 0 Å². The van der Waals surface area contributed by atoms with Gasteiger partial charge in [-0.15, -0.1) is 0 Å². The van der Waals surface area contributed by atoms with E-state index in [0.29, 0.717) is 0 Å². The van der Waals surface area contributed by atoms with E-state index >= 15 is 0 Å². The van der Waals surface area contributed by atoms with Gasteiger partial charge >= 0.3 is 0 Å². The molecule has 16 heavy (non-hydrogen) atoms. The van der Waals surface area contributed by atoms with Crippen molar-refractivity contribution in [1.29, 1.82) is 0 Å². The highest BCUT2D eigenvalue weighted by Gasteiger charge is 2.12. The minimum atomic E-state index is 0.793. The van der Waals surface area contributed by atoms with Gasteiger partial charge in [0.25, 0.3) is 0 Å². The minimum Gasteiger partial charge on any atom is -0.494 e. The highest BCUT2D eigenvalue weighted by molar-refractivity contribution is 9.10. The molecule has 0 bridgehead atoms. The fraction of sp³-hybridized carbons (Fsp3) is 0.538. The van der Waals surface area contributed by atoms with Crippen LogP contribution < -0.4 is 10.1 Å². The molecule has 0 saturated carbocycles. The van der Waals surface area contributed by atoms with E-state index in [4.69, 9.17) is 4.74 Å². The molecule has 1 aliphatic rings. The fourth-order valence-corrected chi connectivity index (χ4v) is 2.45. The molecular weight excluding hydrogens is 266 g/mol. The van der Waals surface area contributed by atoms with Gasteiger partial charge in [0.15, 0.2) is 0 Å². The Balaban J connectivity index is 1.71. The van der Waals surface area contributed by atoms with E-state index in [-0.39, 0.29) is 0 Å². The van der Waals surface area contributed by atoms with Gasteiger partial charge < -0.3 is 10.1 Å². The van der Waals surface area contributed by atoms with Crippen molar-refractivity contribution in [1.82, 2.24) is 5.32 Å². The van der Waals surface area contributed by atoms with Crippen molar-refractivity contribution in [2.24, 2.45) is 5.92 Å². The molecule has 0 aliphatic carbocycles. The third-order valence-electron chi connectivity index (χ3n) is 2.99. The van der Waals surface area contributed by atoms with Crippen LogP contribution in [-0.4, -0.2) is 19.7 Å². The molecule has 1 atom stereocenters. The van der Waals surface area contributed by atoms with Crippen molar-refractivity contribution in [2.45, 2.75) is 19.3 Å². The summed E-state index contributed by atoms with van der Waals surface area (Å²) in [7, 11) is 0. The molecule has 3 heteroatoms. The number of hydrogen-bond donors (Lipinski definition) is 1. The predicted octanol–water partition coefficient (Wildman–Crippen LogP) is 3.22. The molecule has 88 valence electrons. The third-order valence-corrected chi connectivity index (χ3v) is 3.48. The highest BCUT2D eigenvalue weighted by atomic mass is 79.9. The molecule has 2 rings (SSSR count). The van der Waals surface area contributed by atoms with E-state index in [1.807, 2.05) is 24.3 Å². The largest absolute Gasteiger partial charge is 0.494 e. The molecule has 1 aromatic carbocycles. The van der Waals surface area contributed by atoms with Crippen LogP contribution in [0.1, 0.15) is 19.3 Å². The Hall–Kier alpha value is -0.540. The zero-order chi connectivity index (χ0) is 11.2. The van der Waals surface area contributed by atoms with E-state index in [2.05, 4.69) is 21.2 Å². The average Bonchev–Trinajstić information content (AvgIpc) is 2.30. The number of ether oxygens (including phenoxy) is 1. The minimum absolute atomic E-state index is 0.793. The smallest absolute Gasteiger partial charge is 0.120 e. The first-order chi connectivity index (χ1) is 7.84. The lowest BCUT2D eigenvalue weighted by atomic mass is 9.97. The Morgan fingerprint density at radius 2 is 2.38 bits per heavy atom. The lowest BCUT2D eigenvalue weighted by molar-refractivity contribution is 0.254. The van der Waals surface area contributed by atoms with Gasteiger partial charge in [-0.05, 0) is 56.5 Å². The lowest BCUT2D eigenvalue weighted by Crippen LogP contribution is -2.30. The summed E-state index contributed by atoms with van der Waals surface area (Å²) in [4.78, 5) is 0. The molecule has 1 saturated heterocycles. The number of benzene rings is 1. The molecule has 1 aromatic rings. The van der Waals surface area contributed by atoms with Gasteiger partial charge in [0.2, 0.25) is 0 Å². The van der Waals surface area contributed by atoms with Gasteiger partial charge in [-0.1, -0.05) is 22.0 Å². The van der Waals surface area contributed by atoms with Crippen LogP contribution in [0.5, 0.6) is 5.75 Å². The van der Waals surface area contributed by atoms with Gasteiger partial charge in [0, 0.05) is 4.47 Å². The molecule has 2 nitrogen and oxygen atoms in total. The second kappa shape index (κ2) is 6.26. The maximum Gasteiger partial charge on any atom is 0.120 e. The van der Waals surface area contributed by atoms with Crippen LogP contribution in [0.15, 0.2) is 28.7 Å². The summed E-state index contributed by atoms with van der Waals surface area (Å²) in [5.41, 5.74) is 0. The number of halogens is 1. The van der Waals surface area contributed by atoms with Crippen LogP contribution >= 0.6 is 15.9 Å². The molecule has 1 aliphatic heterocycles. The summed E-state index contributed by atoms with van der Waals surface area (Å²) in [6, 6.07) is 8.03. The maximum atomic E-state index is 5.73. The second-order valence-corrected chi connectivity index (χ2v) is 5.22. The van der Waals surface area contributed by atoms with Gasteiger partial charge in [0.05, 0.1) is 6.61 Å². The Kier molecular flexibility index (Phi) is 4.67. The van der Waals surface area contributed by atoms with Crippen LogP contribution in [0, 0.1) is 5.92 Å². The van der Waals surface area contributed by atoms with Crippen molar-refractivity contribution in [3.63, 3.8) is 0 Å². The zero-order valence-corrected chi connectivity index (χ0v) is 11.0. The molecule has 0 radical (unpaired) electrons. The lowest BCUT2D eigenvalue weighted by Gasteiger charge is -2.22. The normalized spacial score (nSPS) is 20.7. The van der Waals surface area contributed by atoms with E-state index in [9.17, 15) is 0 Å². The van der Waals surface area contributed by atoms with E-state index in [1.54, 1.807) is 0 Å². The number of nitrogens with one attached hydrogen (secondary N) is 1. The number of hydrogen-bond acceptors (Lipinski definition) is 2. The zero-order valence-electron chi connectivity index (χ0n) is 9.42. The summed E-state index contributed by atoms with van der Waals surface area (Å²) in [5, 5.41) is 3.43. The number of piperidine rings is 1. The van der Waals surface area contributed by atoms with Crippen LogP contribution in [-0.2, 0) is 0 Å². The summed E-state index contributed by atoms with van der Waals surface area (Å²) in [5.74, 6) is 1.75. The molecule has 0 amide bonds. The van der Waals surface area contributed by atoms with Crippen molar-refractivity contribution >= 4 is 15.9 Å². The maximum absolute atomic E-state index is 5.73. The first kappa shape index (κ1) is 11.9. The fourth-order valence-electron chi connectivity index (χ4n) is 2.07. The standard InChI is InChI=1S/C13H18BrNO/c14-12-4-1-5-13(9-12)16-8-6-11-3-2-7-15-10-11/h1,4-5,9,11,15H,2-3,6-8,10H2/t11-/m0/s1. The van der Waals surface area contributed by atoms with E-state index in [0.717, 1.165) is 35.7 Å². The molecule has 0 aromatic heterocycles. The van der Waals surface area contributed by atoms with Crippen LogP contribution in [0.4, 0.5) is 0 Å². The SMILES string of the molecule is Brc1cccc(OCC[C@@H]2CCCNC2)c1. The highest BCUT2D eigenvalue weighted by Crippen LogP contribution is 2.19. The van der Waals surface area contributed by atoms with Crippen molar-refractivity contribution in [3.05, 3.63) is 28.7 Å². The quantitative estimate of drug-likeness (QED) is 0.916. The van der Waals surface area contributed by atoms with Crippen LogP contribution in [0.3, 0.4) is 0 Å². The Morgan fingerprint density at radius 1 is 1.44 bits per heavy atom. The summed E-state index contributed by atoms with van der Waals surface area (Å²) in [6.45, 7) is 3.16. The van der Waals surface area contributed by atoms with Gasteiger partial charge in [-0.25, -0.2) is 0 Å². The molecule has 1 fully saturated rings. The van der Waals surface area contributed by atoms with Crippen molar-refractivity contribution in [2.75, 3.05) is 19.7 Å². The molecule has 0 spiro atoms. The topological polar surface area (TPSA) is 21.3 Å². The third kappa shape index (κ3) is 3.80. The van der Waals surface area contributed by atoms with Gasteiger partial charge in [0.1, 0.15) is 5.75 Å². The van der Waals surface area contributed by atoms with E-state index < -0.39 is 0 Å². The Labute approximate surface area is 106 Å². The van der Waals surface area contributed by atoms with E-state index in [1.165, 1.54) is 19.4 Å².